The van der Waals surface area contributed by atoms with Crippen LogP contribution in [0.2, 0.25) is 0 Å². The van der Waals surface area contributed by atoms with Gasteiger partial charge in [-0.15, -0.1) is 0 Å². The first kappa shape index (κ1) is 14.7. The Morgan fingerprint density at radius 2 is 1.89 bits per heavy atom. The summed E-state index contributed by atoms with van der Waals surface area (Å²) in [7, 11) is 0. The molecule has 106 valence electrons. The topological polar surface area (TPSA) is 52.9 Å². The first-order chi connectivity index (χ1) is 9.22. The molecule has 1 amide bonds. The van der Waals surface area contributed by atoms with Gasteiger partial charge >= 0.3 is 0 Å². The van der Waals surface area contributed by atoms with E-state index in [9.17, 15) is 10.1 Å². The number of nitrogens with one attached hydrogen (secondary N) is 1. The Kier molecular flexibility index (Phi) is 5.15. The van der Waals surface area contributed by atoms with E-state index < -0.39 is 5.41 Å². The molecule has 1 N–H and O–H groups in total. The highest BCUT2D eigenvalue weighted by Gasteiger charge is 2.41. The third kappa shape index (κ3) is 3.25. The van der Waals surface area contributed by atoms with Crippen LogP contribution < -0.4 is 5.32 Å². The Balaban J connectivity index is 2.02. The minimum atomic E-state index is -0.748. The van der Waals surface area contributed by atoms with Gasteiger partial charge in [0.15, 0.2) is 0 Å². The van der Waals surface area contributed by atoms with Gasteiger partial charge in [0.05, 0.1) is 6.07 Å². The van der Waals surface area contributed by atoms with Crippen molar-refractivity contribution in [1.82, 2.24) is 5.32 Å². The fourth-order valence-electron chi connectivity index (χ4n) is 3.40. The normalized spacial score (nSPS) is 30.3. The second-order valence-electron chi connectivity index (χ2n) is 5.89. The molecule has 2 aliphatic carbocycles. The number of hydrogen-bond acceptors (Lipinski definition) is 3. The van der Waals surface area contributed by atoms with E-state index in [1.165, 1.54) is 12.8 Å². The molecule has 0 aromatic carbocycles. The largest absolute Gasteiger partial charge is 0.351 e. The zero-order valence-corrected chi connectivity index (χ0v) is 12.6. The molecule has 2 atom stereocenters. The summed E-state index contributed by atoms with van der Waals surface area (Å²) >= 11 is 1.84. The SMILES string of the molecule is CSC1CCCC1NC(=O)C1(C#N)CCCCCC1. The molecule has 19 heavy (non-hydrogen) atoms. The van der Waals surface area contributed by atoms with Crippen LogP contribution in [-0.2, 0) is 4.79 Å². The van der Waals surface area contributed by atoms with Crippen LogP contribution in [0.25, 0.3) is 0 Å². The summed E-state index contributed by atoms with van der Waals surface area (Å²) in [6.45, 7) is 0. The molecule has 0 aromatic rings. The summed E-state index contributed by atoms with van der Waals surface area (Å²) in [6.07, 6.45) is 11.4. The minimum Gasteiger partial charge on any atom is -0.351 e. The lowest BCUT2D eigenvalue weighted by molar-refractivity contribution is -0.129. The van der Waals surface area contributed by atoms with E-state index in [1.807, 2.05) is 11.8 Å². The number of hydrogen-bond donors (Lipinski definition) is 1. The molecule has 3 nitrogen and oxygen atoms in total. The van der Waals surface area contributed by atoms with E-state index in [-0.39, 0.29) is 11.9 Å². The monoisotopic (exact) mass is 280 g/mol. The Bertz CT molecular complexity index is 356. The van der Waals surface area contributed by atoms with Crippen molar-refractivity contribution in [1.29, 1.82) is 5.26 Å². The Morgan fingerprint density at radius 1 is 1.21 bits per heavy atom. The van der Waals surface area contributed by atoms with Gasteiger partial charge in [0.1, 0.15) is 5.41 Å². The van der Waals surface area contributed by atoms with Crippen LogP contribution in [0.5, 0.6) is 0 Å². The molecule has 2 rings (SSSR count). The number of rotatable bonds is 3. The summed E-state index contributed by atoms with van der Waals surface area (Å²) in [5.74, 6) is 0.00264. The van der Waals surface area contributed by atoms with Gasteiger partial charge < -0.3 is 5.32 Å². The molecule has 2 saturated carbocycles. The van der Waals surface area contributed by atoms with Crippen LogP contribution in [0.4, 0.5) is 0 Å². The van der Waals surface area contributed by atoms with Crippen LogP contribution in [0.3, 0.4) is 0 Å². The molecule has 0 heterocycles. The van der Waals surface area contributed by atoms with Gasteiger partial charge in [-0.25, -0.2) is 0 Å². The number of carbonyl (C=O) groups is 1. The fraction of sp³-hybridized carbons (Fsp3) is 0.867. The molecule has 0 aliphatic heterocycles. The fourth-order valence-corrected chi connectivity index (χ4v) is 4.34. The number of carbonyl (C=O) groups excluding carboxylic acids is 1. The molecule has 2 fully saturated rings. The van der Waals surface area contributed by atoms with Gasteiger partial charge in [0, 0.05) is 11.3 Å². The van der Waals surface area contributed by atoms with Crippen molar-refractivity contribution >= 4 is 17.7 Å². The molecule has 0 saturated heterocycles. The maximum absolute atomic E-state index is 12.6. The highest BCUT2D eigenvalue weighted by Crippen LogP contribution is 2.36. The zero-order chi connectivity index (χ0) is 13.7. The number of amides is 1. The summed E-state index contributed by atoms with van der Waals surface area (Å²) < 4.78 is 0. The lowest BCUT2D eigenvalue weighted by atomic mass is 9.80. The molecular weight excluding hydrogens is 256 g/mol. The van der Waals surface area contributed by atoms with Crippen LogP contribution in [-0.4, -0.2) is 23.5 Å². The highest BCUT2D eigenvalue weighted by molar-refractivity contribution is 7.99. The second kappa shape index (κ2) is 6.65. The van der Waals surface area contributed by atoms with E-state index in [2.05, 4.69) is 17.6 Å². The van der Waals surface area contributed by atoms with E-state index in [4.69, 9.17) is 0 Å². The van der Waals surface area contributed by atoms with Crippen molar-refractivity contribution in [3.05, 3.63) is 0 Å². The average molecular weight is 280 g/mol. The number of nitriles is 1. The molecule has 2 unspecified atom stereocenters. The van der Waals surface area contributed by atoms with Gasteiger partial charge in [-0.05, 0) is 31.9 Å². The Labute approximate surface area is 120 Å². The second-order valence-corrected chi connectivity index (χ2v) is 6.97. The van der Waals surface area contributed by atoms with Crippen molar-refractivity contribution in [2.75, 3.05) is 6.26 Å². The van der Waals surface area contributed by atoms with Crippen molar-refractivity contribution in [2.24, 2.45) is 5.41 Å². The number of nitrogens with zero attached hydrogens (tertiary/aromatic N) is 1. The molecule has 0 aromatic heterocycles. The third-order valence-corrected chi connectivity index (χ3v) is 5.85. The van der Waals surface area contributed by atoms with E-state index in [0.717, 1.165) is 44.9 Å². The first-order valence-corrected chi connectivity index (χ1v) is 8.76. The van der Waals surface area contributed by atoms with Crippen molar-refractivity contribution < 1.29 is 4.79 Å². The molecule has 2 aliphatic rings. The smallest absolute Gasteiger partial charge is 0.240 e. The van der Waals surface area contributed by atoms with Crippen molar-refractivity contribution in [2.45, 2.75) is 69.1 Å². The van der Waals surface area contributed by atoms with Crippen LogP contribution in [0.15, 0.2) is 0 Å². The van der Waals surface area contributed by atoms with Crippen molar-refractivity contribution in [3.8, 4) is 6.07 Å². The molecular formula is C15H24N2OS. The molecule has 0 bridgehead atoms. The van der Waals surface area contributed by atoms with Crippen LogP contribution in [0.1, 0.15) is 57.8 Å². The Hall–Kier alpha value is -0.690. The lowest BCUT2D eigenvalue weighted by Crippen LogP contribution is -2.47. The van der Waals surface area contributed by atoms with E-state index in [1.54, 1.807) is 0 Å². The van der Waals surface area contributed by atoms with E-state index >= 15 is 0 Å². The van der Waals surface area contributed by atoms with E-state index in [0.29, 0.717) is 5.25 Å². The quantitative estimate of drug-likeness (QED) is 0.807. The van der Waals surface area contributed by atoms with Gasteiger partial charge in [0.25, 0.3) is 0 Å². The maximum atomic E-state index is 12.6. The lowest BCUT2D eigenvalue weighted by Gasteiger charge is -2.27. The molecule has 4 heteroatoms. The van der Waals surface area contributed by atoms with Gasteiger partial charge in [-0.3, -0.25) is 4.79 Å². The van der Waals surface area contributed by atoms with Crippen LogP contribution in [0, 0.1) is 16.7 Å². The van der Waals surface area contributed by atoms with Gasteiger partial charge in [0.2, 0.25) is 5.91 Å². The maximum Gasteiger partial charge on any atom is 0.240 e. The average Bonchev–Trinajstić information content (AvgIpc) is 2.73. The first-order valence-electron chi connectivity index (χ1n) is 7.47. The third-order valence-electron chi connectivity index (χ3n) is 4.68. The number of thioether (sulfide) groups is 1. The Morgan fingerprint density at radius 3 is 2.47 bits per heavy atom. The summed E-state index contributed by atoms with van der Waals surface area (Å²) in [5, 5.41) is 13.2. The van der Waals surface area contributed by atoms with Crippen molar-refractivity contribution in [3.63, 3.8) is 0 Å². The zero-order valence-electron chi connectivity index (χ0n) is 11.8. The van der Waals surface area contributed by atoms with Gasteiger partial charge in [-0.1, -0.05) is 32.1 Å². The molecule has 0 radical (unpaired) electrons. The summed E-state index contributed by atoms with van der Waals surface area (Å²) in [6, 6.07) is 2.62. The predicted molar refractivity (Wildman–Crippen MR) is 78.8 cm³/mol. The predicted octanol–water partition coefficient (Wildman–Crippen LogP) is 3.25. The summed E-state index contributed by atoms with van der Waals surface area (Å²) in [4.78, 5) is 12.6. The molecule has 0 spiro atoms. The summed E-state index contributed by atoms with van der Waals surface area (Å²) in [5.41, 5.74) is -0.748. The van der Waals surface area contributed by atoms with Crippen LogP contribution >= 0.6 is 11.8 Å². The van der Waals surface area contributed by atoms with Gasteiger partial charge in [-0.2, -0.15) is 17.0 Å². The highest BCUT2D eigenvalue weighted by atomic mass is 32.2. The minimum absolute atomic E-state index is 0.00264. The standard InChI is InChI=1S/C15H24N2OS/c1-19-13-8-6-7-12(13)17-14(18)15(11-16)9-4-2-3-5-10-15/h12-13H,2-10H2,1H3,(H,17,18).